The highest BCUT2D eigenvalue weighted by Crippen LogP contribution is 2.31. The van der Waals surface area contributed by atoms with Crippen LogP contribution in [0.3, 0.4) is 0 Å². The van der Waals surface area contributed by atoms with Crippen LogP contribution in [0.4, 0.5) is 0 Å². The maximum atomic E-state index is 11.9. The highest BCUT2D eigenvalue weighted by molar-refractivity contribution is 5.80. The molecule has 1 fully saturated rings. The van der Waals surface area contributed by atoms with Crippen LogP contribution in [0.1, 0.15) is 53.9 Å². The van der Waals surface area contributed by atoms with Crippen molar-refractivity contribution in [1.29, 1.82) is 0 Å². The molecule has 0 amide bonds. The van der Waals surface area contributed by atoms with Gasteiger partial charge in [0.15, 0.2) is 0 Å². The third kappa shape index (κ3) is 5.11. The molecule has 0 aromatic heterocycles. The quantitative estimate of drug-likeness (QED) is 0.687. The second-order valence-electron chi connectivity index (χ2n) is 6.51. The normalized spacial score (nSPS) is 20.4. The van der Waals surface area contributed by atoms with Crippen LogP contribution in [0.2, 0.25) is 0 Å². The van der Waals surface area contributed by atoms with Crippen molar-refractivity contribution in [3.05, 3.63) is 0 Å². The first-order valence-corrected chi connectivity index (χ1v) is 7.49. The van der Waals surface area contributed by atoms with Gasteiger partial charge in [-0.1, -0.05) is 13.8 Å². The molecule has 0 bridgehead atoms. The molecular weight excluding hydrogens is 240 g/mol. The van der Waals surface area contributed by atoms with Gasteiger partial charge in [-0.2, -0.15) is 0 Å². The lowest BCUT2D eigenvalue weighted by atomic mass is 9.93. The number of carbonyl (C=O) groups is 1. The fraction of sp³-hybridized carbons (Fsp3) is 0.933. The number of hydrogen-bond acceptors (Lipinski definition) is 4. The molecule has 2 atom stereocenters. The Kier molecular flexibility index (Phi) is 5.81. The van der Waals surface area contributed by atoms with Crippen LogP contribution in [0.15, 0.2) is 0 Å². The molecule has 1 rings (SSSR count). The van der Waals surface area contributed by atoms with E-state index in [4.69, 9.17) is 10.5 Å². The van der Waals surface area contributed by atoms with Gasteiger partial charge in [0.2, 0.25) is 0 Å². The fourth-order valence-corrected chi connectivity index (χ4v) is 2.63. The minimum absolute atomic E-state index is 0.290. The van der Waals surface area contributed by atoms with Crippen LogP contribution in [-0.4, -0.2) is 41.6 Å². The molecule has 19 heavy (non-hydrogen) atoms. The standard InChI is InChI=1S/C15H30N2O2/c1-6-19-14(18)15(5,16)9-12(4)17(10-11(2)3)13-7-8-13/h11-13H,6-10,16H2,1-5H3. The predicted octanol–water partition coefficient (Wildman–Crippen LogP) is 2.17. The minimum atomic E-state index is -0.889. The SMILES string of the molecule is CCOC(=O)C(C)(N)CC(C)N(CC(C)C)C1CC1. The Morgan fingerprint density at radius 2 is 2.00 bits per heavy atom. The molecule has 2 N–H and O–H groups in total. The Morgan fingerprint density at radius 1 is 1.42 bits per heavy atom. The third-order valence-corrected chi connectivity index (χ3v) is 3.62. The zero-order valence-electron chi connectivity index (χ0n) is 13.1. The van der Waals surface area contributed by atoms with Gasteiger partial charge in [0.05, 0.1) is 6.61 Å². The summed E-state index contributed by atoms with van der Waals surface area (Å²) in [4.78, 5) is 14.4. The molecule has 2 unspecified atom stereocenters. The lowest BCUT2D eigenvalue weighted by molar-refractivity contribution is -0.149. The summed E-state index contributed by atoms with van der Waals surface area (Å²) in [5, 5.41) is 0. The van der Waals surface area contributed by atoms with E-state index in [1.807, 2.05) is 6.92 Å². The van der Waals surface area contributed by atoms with Gasteiger partial charge < -0.3 is 10.5 Å². The summed E-state index contributed by atoms with van der Waals surface area (Å²) in [5.41, 5.74) is 5.25. The molecule has 112 valence electrons. The van der Waals surface area contributed by atoms with Gasteiger partial charge in [-0.3, -0.25) is 9.69 Å². The van der Waals surface area contributed by atoms with E-state index in [9.17, 15) is 4.79 Å². The largest absolute Gasteiger partial charge is 0.465 e. The van der Waals surface area contributed by atoms with Crippen LogP contribution in [0, 0.1) is 5.92 Å². The summed E-state index contributed by atoms with van der Waals surface area (Å²) in [6, 6.07) is 1.00. The van der Waals surface area contributed by atoms with E-state index in [0.717, 1.165) is 6.54 Å². The summed E-state index contributed by atoms with van der Waals surface area (Å²) in [5.74, 6) is 0.344. The van der Waals surface area contributed by atoms with Gasteiger partial charge in [-0.05, 0) is 46.0 Å². The number of hydrogen-bond donors (Lipinski definition) is 1. The van der Waals surface area contributed by atoms with Gasteiger partial charge in [-0.25, -0.2) is 0 Å². The third-order valence-electron chi connectivity index (χ3n) is 3.62. The lowest BCUT2D eigenvalue weighted by Crippen LogP contribution is -2.52. The minimum Gasteiger partial charge on any atom is -0.465 e. The van der Waals surface area contributed by atoms with Crippen molar-refractivity contribution >= 4 is 5.97 Å². The molecular formula is C15H30N2O2. The Bertz CT molecular complexity index is 299. The van der Waals surface area contributed by atoms with Crippen molar-refractivity contribution in [3.63, 3.8) is 0 Å². The summed E-state index contributed by atoms with van der Waals surface area (Å²) < 4.78 is 5.06. The van der Waals surface area contributed by atoms with E-state index in [-0.39, 0.29) is 5.97 Å². The highest BCUT2D eigenvalue weighted by atomic mass is 16.5. The highest BCUT2D eigenvalue weighted by Gasteiger charge is 2.38. The molecule has 0 aromatic carbocycles. The molecule has 1 aliphatic rings. The summed E-state index contributed by atoms with van der Waals surface area (Å²) in [7, 11) is 0. The van der Waals surface area contributed by atoms with Crippen LogP contribution in [0.5, 0.6) is 0 Å². The second kappa shape index (κ2) is 6.71. The summed E-state index contributed by atoms with van der Waals surface area (Å²) in [6.45, 7) is 11.7. The van der Waals surface area contributed by atoms with Gasteiger partial charge in [-0.15, -0.1) is 0 Å². The Labute approximate surface area is 117 Å². The smallest absolute Gasteiger partial charge is 0.325 e. The first-order valence-electron chi connectivity index (χ1n) is 7.49. The maximum Gasteiger partial charge on any atom is 0.325 e. The summed E-state index contributed by atoms with van der Waals surface area (Å²) in [6.07, 6.45) is 3.20. The van der Waals surface area contributed by atoms with E-state index in [2.05, 4.69) is 25.7 Å². The van der Waals surface area contributed by atoms with E-state index in [0.29, 0.717) is 31.0 Å². The van der Waals surface area contributed by atoms with E-state index >= 15 is 0 Å². The Morgan fingerprint density at radius 3 is 2.42 bits per heavy atom. The number of nitrogens with two attached hydrogens (primary N) is 1. The molecule has 0 spiro atoms. The topological polar surface area (TPSA) is 55.6 Å². The monoisotopic (exact) mass is 270 g/mol. The zero-order valence-corrected chi connectivity index (χ0v) is 13.1. The molecule has 4 heteroatoms. The average Bonchev–Trinajstić information content (AvgIpc) is 3.09. The molecule has 0 heterocycles. The van der Waals surface area contributed by atoms with Crippen LogP contribution < -0.4 is 5.73 Å². The number of carbonyl (C=O) groups excluding carboxylic acids is 1. The van der Waals surface area contributed by atoms with Crippen molar-refractivity contribution in [1.82, 2.24) is 4.90 Å². The van der Waals surface area contributed by atoms with Crippen LogP contribution in [-0.2, 0) is 9.53 Å². The van der Waals surface area contributed by atoms with Crippen molar-refractivity contribution in [2.75, 3.05) is 13.2 Å². The average molecular weight is 270 g/mol. The lowest BCUT2D eigenvalue weighted by Gasteiger charge is -2.35. The first kappa shape index (κ1) is 16.4. The Hall–Kier alpha value is -0.610. The number of ether oxygens (including phenoxy) is 1. The molecule has 0 aliphatic heterocycles. The van der Waals surface area contributed by atoms with Gasteiger partial charge in [0, 0.05) is 18.6 Å². The number of rotatable bonds is 8. The molecule has 1 saturated carbocycles. The van der Waals surface area contributed by atoms with E-state index in [1.165, 1.54) is 12.8 Å². The summed E-state index contributed by atoms with van der Waals surface area (Å²) >= 11 is 0. The predicted molar refractivity (Wildman–Crippen MR) is 77.9 cm³/mol. The molecule has 4 nitrogen and oxygen atoms in total. The zero-order chi connectivity index (χ0) is 14.6. The Balaban J connectivity index is 2.59. The van der Waals surface area contributed by atoms with Crippen LogP contribution in [0.25, 0.3) is 0 Å². The van der Waals surface area contributed by atoms with Gasteiger partial charge >= 0.3 is 5.97 Å². The van der Waals surface area contributed by atoms with Crippen molar-refractivity contribution in [3.8, 4) is 0 Å². The molecule has 0 aromatic rings. The molecule has 1 aliphatic carbocycles. The second-order valence-corrected chi connectivity index (χ2v) is 6.51. The van der Waals surface area contributed by atoms with Gasteiger partial charge in [0.1, 0.15) is 5.54 Å². The van der Waals surface area contributed by atoms with Gasteiger partial charge in [0.25, 0.3) is 0 Å². The fourth-order valence-electron chi connectivity index (χ4n) is 2.63. The first-order chi connectivity index (χ1) is 8.77. The molecule has 0 radical (unpaired) electrons. The van der Waals surface area contributed by atoms with Crippen LogP contribution >= 0.6 is 0 Å². The number of nitrogens with zero attached hydrogens (tertiary/aromatic N) is 1. The van der Waals surface area contributed by atoms with Crippen molar-refractivity contribution < 1.29 is 9.53 Å². The number of esters is 1. The maximum absolute atomic E-state index is 11.9. The van der Waals surface area contributed by atoms with E-state index in [1.54, 1.807) is 6.92 Å². The molecule has 0 saturated heterocycles. The van der Waals surface area contributed by atoms with E-state index < -0.39 is 5.54 Å². The van der Waals surface area contributed by atoms with Crippen molar-refractivity contribution in [2.45, 2.75) is 71.5 Å². The van der Waals surface area contributed by atoms with Crippen molar-refractivity contribution in [2.24, 2.45) is 11.7 Å².